The van der Waals surface area contributed by atoms with E-state index in [0.717, 1.165) is 37.7 Å². The highest BCUT2D eigenvalue weighted by molar-refractivity contribution is 5.29. The van der Waals surface area contributed by atoms with E-state index in [4.69, 9.17) is 0 Å². The van der Waals surface area contributed by atoms with Crippen LogP contribution in [0.25, 0.3) is 0 Å². The number of β-amino-alcohol motifs (C(OH)–C–C–N with tert-alkyl or cyclic N) is 1. The van der Waals surface area contributed by atoms with E-state index in [1.807, 2.05) is 4.90 Å². The van der Waals surface area contributed by atoms with E-state index in [-0.39, 0.29) is 24.3 Å². The predicted molar refractivity (Wildman–Crippen MR) is 131 cm³/mol. The molecule has 7 atom stereocenters. The minimum Gasteiger partial charge on any atom is -0.388 e. The highest BCUT2D eigenvalue weighted by atomic mass is 19.4. The predicted octanol–water partition coefficient (Wildman–Crippen LogP) is 5.15. The van der Waals surface area contributed by atoms with Crippen LogP contribution in [0.5, 0.6) is 0 Å². The number of hydrogen-bond donors (Lipinski definition) is 3. The molecule has 3 aliphatic carbocycles. The minimum absolute atomic E-state index is 0.123. The summed E-state index contributed by atoms with van der Waals surface area (Å²) in [4.78, 5) is 1.83. The summed E-state index contributed by atoms with van der Waals surface area (Å²) in [7, 11) is 0. The van der Waals surface area contributed by atoms with Crippen LogP contribution in [-0.4, -0.2) is 63.8 Å². The molecule has 4 fully saturated rings. The fourth-order valence-electron chi connectivity index (χ4n) is 7.68. The first-order valence-electron chi connectivity index (χ1n) is 13.3. The molecule has 0 amide bonds. The molecule has 4 rings (SSSR count). The molecule has 1 unspecified atom stereocenters. The summed E-state index contributed by atoms with van der Waals surface area (Å²) in [5.74, 6) is 1.15. The van der Waals surface area contributed by atoms with Gasteiger partial charge in [0.1, 0.15) is 0 Å². The second kappa shape index (κ2) is 9.96. The average molecular weight is 498 g/mol. The van der Waals surface area contributed by atoms with E-state index in [1.54, 1.807) is 0 Å². The Morgan fingerprint density at radius 2 is 1.80 bits per heavy atom. The van der Waals surface area contributed by atoms with Gasteiger partial charge in [0.15, 0.2) is 5.60 Å². The Morgan fingerprint density at radius 3 is 2.46 bits per heavy atom. The summed E-state index contributed by atoms with van der Waals surface area (Å²) in [5.41, 5.74) is 0.502. The molecule has 0 aromatic carbocycles. The van der Waals surface area contributed by atoms with Gasteiger partial charge in [0.2, 0.25) is 0 Å². The number of fused-ring (bicyclic) bond motifs is 1. The fraction of sp³-hybridized carbons (Fsp3) is 0.786. The molecule has 7 heteroatoms. The Kier molecular flexibility index (Phi) is 7.65. The summed E-state index contributed by atoms with van der Waals surface area (Å²) in [6, 6.07) is 0. The van der Waals surface area contributed by atoms with E-state index in [2.05, 4.69) is 32.6 Å². The first-order valence-corrected chi connectivity index (χ1v) is 13.3. The largest absolute Gasteiger partial charge is 0.418 e. The number of piperidine rings is 1. The molecule has 0 aromatic rings. The molecule has 0 radical (unpaired) electrons. The van der Waals surface area contributed by atoms with Crippen LogP contribution in [0.3, 0.4) is 0 Å². The van der Waals surface area contributed by atoms with Gasteiger partial charge in [-0.05, 0) is 93.1 Å². The highest BCUT2D eigenvalue weighted by Gasteiger charge is 2.56. The first kappa shape index (κ1) is 26.9. The normalized spacial score (nSPS) is 41.2. The quantitative estimate of drug-likeness (QED) is 0.470. The van der Waals surface area contributed by atoms with Crippen molar-refractivity contribution >= 4 is 0 Å². The number of halogens is 3. The second-order valence-electron chi connectivity index (χ2n) is 12.0. The molecule has 0 bridgehead atoms. The van der Waals surface area contributed by atoms with E-state index in [0.29, 0.717) is 49.8 Å². The Bertz CT molecular complexity index is 852. The van der Waals surface area contributed by atoms with E-state index in [1.165, 1.54) is 5.57 Å². The number of aliphatic hydroxyl groups is 3. The Hall–Kier alpha value is -1.15. The van der Waals surface area contributed by atoms with Crippen molar-refractivity contribution in [1.29, 1.82) is 0 Å². The maximum absolute atomic E-state index is 13.4. The van der Waals surface area contributed by atoms with Gasteiger partial charge in [-0.25, -0.2) is 0 Å². The zero-order valence-corrected chi connectivity index (χ0v) is 21.2. The minimum atomic E-state index is -4.59. The van der Waals surface area contributed by atoms with Crippen molar-refractivity contribution in [2.45, 2.75) is 95.6 Å². The number of rotatable bonds is 4. The molecule has 1 aliphatic heterocycles. The average Bonchev–Trinajstić information content (AvgIpc) is 3.13. The molecule has 198 valence electrons. The number of allylic oxidation sites excluding steroid dienone is 3. The number of likely N-dealkylation sites (tertiary alicyclic amines) is 1. The van der Waals surface area contributed by atoms with Gasteiger partial charge in [-0.3, -0.25) is 4.90 Å². The van der Waals surface area contributed by atoms with Crippen LogP contribution in [0.2, 0.25) is 0 Å². The maximum Gasteiger partial charge on any atom is 0.418 e. The summed E-state index contributed by atoms with van der Waals surface area (Å²) < 4.78 is 40.2. The molecule has 4 nitrogen and oxygen atoms in total. The molecule has 0 aromatic heterocycles. The third-order valence-electron chi connectivity index (χ3n) is 9.65. The summed E-state index contributed by atoms with van der Waals surface area (Å²) >= 11 is 0. The number of aliphatic hydroxyl groups excluding tert-OH is 2. The van der Waals surface area contributed by atoms with Crippen molar-refractivity contribution in [3.8, 4) is 0 Å². The van der Waals surface area contributed by atoms with Gasteiger partial charge < -0.3 is 15.3 Å². The van der Waals surface area contributed by atoms with Gasteiger partial charge in [0.25, 0.3) is 0 Å². The molecule has 3 N–H and O–H groups in total. The van der Waals surface area contributed by atoms with E-state index >= 15 is 0 Å². The van der Waals surface area contributed by atoms with Gasteiger partial charge in [-0.15, -0.1) is 0 Å². The summed E-state index contributed by atoms with van der Waals surface area (Å²) in [6.07, 6.45) is 4.96. The number of hydrogen-bond acceptors (Lipinski definition) is 4. The van der Waals surface area contributed by atoms with Crippen molar-refractivity contribution in [1.82, 2.24) is 4.90 Å². The molecular weight excluding hydrogens is 455 g/mol. The van der Waals surface area contributed by atoms with E-state index in [9.17, 15) is 28.5 Å². The van der Waals surface area contributed by atoms with Crippen molar-refractivity contribution < 1.29 is 28.5 Å². The molecule has 35 heavy (non-hydrogen) atoms. The van der Waals surface area contributed by atoms with Crippen LogP contribution in [-0.2, 0) is 0 Å². The lowest BCUT2D eigenvalue weighted by Crippen LogP contribution is -2.57. The van der Waals surface area contributed by atoms with E-state index < -0.39 is 24.0 Å². The molecular formula is C28H42F3NO3. The molecule has 3 saturated carbocycles. The lowest BCUT2D eigenvalue weighted by Gasteiger charge is -2.46. The van der Waals surface area contributed by atoms with Crippen LogP contribution in [0, 0.1) is 23.2 Å². The topological polar surface area (TPSA) is 63.9 Å². The van der Waals surface area contributed by atoms with Gasteiger partial charge in [0.05, 0.1) is 12.2 Å². The standard InChI is InChI=1S/C28H42F3NO3/c1-18(16-32-13-5-12-27(35,17-32)28(29,30)31)22-9-10-23-21(6-4-11-26(22,23)3)8-7-20-14-24(33)19(2)25(34)15-20/h7-8,18,22-25,33-35H,2,4-6,9-17H2,1,3H3/b21-8+/t18-,22-,23+,24-,25-,26-,27?/m1/s1. The number of nitrogens with zero attached hydrogens (tertiary/aromatic N) is 1. The maximum atomic E-state index is 13.4. The van der Waals surface area contributed by atoms with Crippen LogP contribution >= 0.6 is 0 Å². The number of alkyl halides is 3. The summed E-state index contributed by atoms with van der Waals surface area (Å²) in [5, 5.41) is 30.5. The monoisotopic (exact) mass is 497 g/mol. The van der Waals surface area contributed by atoms with Crippen LogP contribution in [0.4, 0.5) is 13.2 Å². The first-order chi connectivity index (χ1) is 16.3. The van der Waals surface area contributed by atoms with Crippen LogP contribution < -0.4 is 0 Å². The van der Waals surface area contributed by atoms with Gasteiger partial charge >= 0.3 is 6.18 Å². The SMILES string of the molecule is C=C1[C@H](O)CC(=C/C=C2\CCC[C@]3(C)[C@@H]([C@H](C)CN4CCCC(O)(C(F)(F)F)C4)CC[C@@H]23)C[C@H]1O. The molecule has 4 aliphatic rings. The summed E-state index contributed by atoms with van der Waals surface area (Å²) in [6.45, 7) is 9.21. The van der Waals surface area contributed by atoms with Crippen molar-refractivity contribution in [3.05, 3.63) is 35.5 Å². The molecule has 1 saturated heterocycles. The van der Waals surface area contributed by atoms with Crippen LogP contribution in [0.1, 0.15) is 71.6 Å². The highest BCUT2D eigenvalue weighted by Crippen LogP contribution is 2.59. The van der Waals surface area contributed by atoms with Crippen LogP contribution in [0.15, 0.2) is 35.5 Å². The lowest BCUT2D eigenvalue weighted by atomic mass is 9.61. The lowest BCUT2D eigenvalue weighted by molar-refractivity contribution is -0.274. The van der Waals surface area contributed by atoms with Gasteiger partial charge in [-0.2, -0.15) is 13.2 Å². The van der Waals surface area contributed by atoms with Crippen molar-refractivity contribution in [3.63, 3.8) is 0 Å². The zero-order valence-electron chi connectivity index (χ0n) is 21.2. The molecule has 1 heterocycles. The Balaban J connectivity index is 1.44. The smallest absolute Gasteiger partial charge is 0.388 e. The molecule has 0 spiro atoms. The fourth-order valence-corrected chi connectivity index (χ4v) is 7.68. The van der Waals surface area contributed by atoms with Gasteiger partial charge in [-0.1, -0.05) is 43.7 Å². The van der Waals surface area contributed by atoms with Crippen molar-refractivity contribution in [2.24, 2.45) is 23.2 Å². The zero-order chi connectivity index (χ0) is 25.6. The van der Waals surface area contributed by atoms with Crippen molar-refractivity contribution in [2.75, 3.05) is 19.6 Å². The third kappa shape index (κ3) is 5.29. The Labute approximate surface area is 207 Å². The Morgan fingerprint density at radius 1 is 1.11 bits per heavy atom. The third-order valence-corrected chi connectivity index (χ3v) is 9.65. The second-order valence-corrected chi connectivity index (χ2v) is 12.0. The van der Waals surface area contributed by atoms with Gasteiger partial charge in [0, 0.05) is 13.1 Å².